The van der Waals surface area contributed by atoms with Crippen LogP contribution >= 0.6 is 15.9 Å². The van der Waals surface area contributed by atoms with Crippen LogP contribution in [0.1, 0.15) is 44.9 Å². The first-order valence-electron chi connectivity index (χ1n) is 6.56. The van der Waals surface area contributed by atoms with Gasteiger partial charge in [0.05, 0.1) is 10.2 Å². The van der Waals surface area contributed by atoms with Gasteiger partial charge in [-0.15, -0.1) is 0 Å². The first-order valence-corrected chi connectivity index (χ1v) is 9.43. The number of alkyl halides is 1. The number of rotatable bonds is 2. The molecule has 2 unspecified atom stereocenters. The van der Waals surface area contributed by atoms with Crippen LogP contribution in [0.5, 0.6) is 0 Å². The summed E-state index contributed by atoms with van der Waals surface area (Å²) in [5, 5.41) is 3.53. The third kappa shape index (κ3) is 3.67. The Balaban J connectivity index is 1.86. The van der Waals surface area contributed by atoms with Crippen LogP contribution in [0.4, 0.5) is 0 Å². The molecular weight excluding hydrogens is 302 g/mol. The van der Waals surface area contributed by atoms with Gasteiger partial charge < -0.3 is 5.32 Å². The summed E-state index contributed by atoms with van der Waals surface area (Å²) < 4.78 is 23.0. The van der Waals surface area contributed by atoms with Gasteiger partial charge in [-0.1, -0.05) is 15.9 Å². The average Bonchev–Trinajstić information content (AvgIpc) is 2.28. The molecule has 2 rings (SSSR count). The van der Waals surface area contributed by atoms with Crippen molar-refractivity contribution in [3.63, 3.8) is 0 Å². The van der Waals surface area contributed by atoms with Crippen molar-refractivity contribution in [1.82, 2.24) is 5.32 Å². The van der Waals surface area contributed by atoms with Crippen molar-refractivity contribution in [1.29, 1.82) is 0 Å². The van der Waals surface area contributed by atoms with Crippen LogP contribution in [0.15, 0.2) is 0 Å². The molecule has 2 fully saturated rings. The molecule has 0 radical (unpaired) electrons. The Kier molecular flexibility index (Phi) is 4.53. The van der Waals surface area contributed by atoms with Crippen LogP contribution in [0, 0.1) is 5.92 Å². The number of sulfone groups is 1. The van der Waals surface area contributed by atoms with Crippen LogP contribution in [-0.4, -0.2) is 30.9 Å². The largest absolute Gasteiger partial charge is 0.302 e. The standard InChI is InChI=1S/C12H22BrNO2S/c1-17(15,16)10-7-5-9(6-8-10)11-3-2-4-12(13)14-11/h9-12,14H,2-8H2,1H3. The number of hydrogen-bond acceptors (Lipinski definition) is 3. The fourth-order valence-electron chi connectivity index (χ4n) is 3.21. The molecule has 1 N–H and O–H groups in total. The van der Waals surface area contributed by atoms with E-state index in [9.17, 15) is 8.42 Å². The highest BCUT2D eigenvalue weighted by atomic mass is 79.9. The number of halogens is 1. The van der Waals surface area contributed by atoms with Gasteiger partial charge in [-0.2, -0.15) is 0 Å². The highest BCUT2D eigenvalue weighted by Gasteiger charge is 2.33. The molecule has 1 saturated heterocycles. The Morgan fingerprint density at radius 1 is 1.06 bits per heavy atom. The second-order valence-corrected chi connectivity index (χ2v) is 8.97. The van der Waals surface area contributed by atoms with E-state index in [1.165, 1.54) is 25.5 Å². The monoisotopic (exact) mass is 323 g/mol. The fraction of sp³-hybridized carbons (Fsp3) is 1.00. The minimum atomic E-state index is -2.82. The van der Waals surface area contributed by atoms with Crippen LogP contribution in [0.2, 0.25) is 0 Å². The van der Waals surface area contributed by atoms with Gasteiger partial charge in [-0.25, -0.2) is 8.42 Å². The maximum absolute atomic E-state index is 11.5. The number of hydrogen-bond donors (Lipinski definition) is 1. The maximum atomic E-state index is 11.5. The molecule has 17 heavy (non-hydrogen) atoms. The molecule has 3 nitrogen and oxygen atoms in total. The first-order chi connectivity index (χ1) is 7.97. The molecule has 0 aromatic heterocycles. The number of piperidine rings is 1. The van der Waals surface area contributed by atoms with Crippen LogP contribution < -0.4 is 5.32 Å². The molecule has 100 valence electrons. The van der Waals surface area contributed by atoms with Crippen molar-refractivity contribution in [2.24, 2.45) is 5.92 Å². The van der Waals surface area contributed by atoms with Crippen molar-refractivity contribution < 1.29 is 8.42 Å². The van der Waals surface area contributed by atoms with Crippen molar-refractivity contribution in [2.75, 3.05) is 6.26 Å². The summed E-state index contributed by atoms with van der Waals surface area (Å²) in [6.45, 7) is 0. The molecule has 5 heteroatoms. The summed E-state index contributed by atoms with van der Waals surface area (Å²) in [6, 6.07) is 0.591. The van der Waals surface area contributed by atoms with Gasteiger partial charge in [0.1, 0.15) is 9.84 Å². The van der Waals surface area contributed by atoms with Crippen LogP contribution in [0.25, 0.3) is 0 Å². The van der Waals surface area contributed by atoms with Gasteiger partial charge in [0.15, 0.2) is 0 Å². The summed E-state index contributed by atoms with van der Waals surface area (Å²) in [5.41, 5.74) is 0. The second-order valence-electron chi connectivity index (χ2n) is 5.54. The van der Waals surface area contributed by atoms with Gasteiger partial charge in [-0.05, 0) is 50.9 Å². The van der Waals surface area contributed by atoms with Gasteiger partial charge in [0.2, 0.25) is 0 Å². The Morgan fingerprint density at radius 3 is 2.24 bits per heavy atom. The lowest BCUT2D eigenvalue weighted by molar-refractivity contribution is 0.230. The van der Waals surface area contributed by atoms with E-state index in [1.54, 1.807) is 0 Å². The smallest absolute Gasteiger partial charge is 0.150 e. The summed E-state index contributed by atoms with van der Waals surface area (Å²) in [6.07, 6.45) is 8.95. The first kappa shape index (κ1) is 13.8. The predicted molar refractivity (Wildman–Crippen MR) is 74.1 cm³/mol. The predicted octanol–water partition coefficient (Wildman–Crippen LogP) is 2.45. The van der Waals surface area contributed by atoms with E-state index in [4.69, 9.17) is 0 Å². The highest BCUT2D eigenvalue weighted by Crippen LogP contribution is 2.33. The molecule has 0 spiro atoms. The zero-order chi connectivity index (χ0) is 12.5. The van der Waals surface area contributed by atoms with Crippen LogP contribution in [-0.2, 0) is 9.84 Å². The van der Waals surface area contributed by atoms with Crippen molar-refractivity contribution in [3.8, 4) is 0 Å². The molecular formula is C12H22BrNO2S. The Labute approximate surface area is 113 Å². The van der Waals surface area contributed by atoms with E-state index in [1.807, 2.05) is 0 Å². The minimum absolute atomic E-state index is 0.0814. The SMILES string of the molecule is CS(=O)(=O)C1CCC(C2CCCC(Br)N2)CC1. The van der Waals surface area contributed by atoms with E-state index >= 15 is 0 Å². The summed E-state index contributed by atoms with van der Waals surface area (Å²) in [4.78, 5) is 0.453. The molecule has 2 aliphatic rings. The Hall–Kier alpha value is 0.390. The Bertz CT molecular complexity index is 350. The van der Waals surface area contributed by atoms with Gasteiger partial charge >= 0.3 is 0 Å². The Morgan fingerprint density at radius 2 is 1.71 bits per heavy atom. The average molecular weight is 324 g/mol. The van der Waals surface area contributed by atoms with Crippen LogP contribution in [0.3, 0.4) is 0 Å². The normalized spacial score (nSPS) is 40.1. The molecule has 0 bridgehead atoms. The lowest BCUT2D eigenvalue weighted by atomic mass is 9.81. The highest BCUT2D eigenvalue weighted by molar-refractivity contribution is 9.09. The fourth-order valence-corrected chi connectivity index (χ4v) is 5.00. The maximum Gasteiger partial charge on any atom is 0.150 e. The second kappa shape index (κ2) is 5.57. The molecule has 0 aromatic rings. The minimum Gasteiger partial charge on any atom is -0.302 e. The molecule has 1 aliphatic heterocycles. The van der Waals surface area contributed by atoms with E-state index in [-0.39, 0.29) is 5.25 Å². The topological polar surface area (TPSA) is 46.2 Å². The van der Waals surface area contributed by atoms with Crippen molar-refractivity contribution >= 4 is 25.8 Å². The molecule has 2 atom stereocenters. The van der Waals surface area contributed by atoms with Crippen molar-refractivity contribution in [2.45, 2.75) is 61.2 Å². The van der Waals surface area contributed by atoms with Gasteiger partial charge in [-0.3, -0.25) is 0 Å². The third-order valence-electron chi connectivity index (χ3n) is 4.26. The van der Waals surface area contributed by atoms with E-state index < -0.39 is 9.84 Å². The molecule has 0 amide bonds. The molecule has 0 aromatic carbocycles. The molecule has 1 heterocycles. The summed E-state index contributed by atoms with van der Waals surface area (Å²) in [7, 11) is -2.82. The van der Waals surface area contributed by atoms with E-state index in [2.05, 4.69) is 21.2 Å². The molecule has 1 saturated carbocycles. The van der Waals surface area contributed by atoms with Crippen molar-refractivity contribution in [3.05, 3.63) is 0 Å². The molecule has 1 aliphatic carbocycles. The third-order valence-corrected chi connectivity index (χ3v) is 6.67. The lowest BCUT2D eigenvalue weighted by Gasteiger charge is -2.37. The van der Waals surface area contributed by atoms with E-state index in [0.29, 0.717) is 16.9 Å². The summed E-state index contributed by atoms with van der Waals surface area (Å²) >= 11 is 3.63. The zero-order valence-electron chi connectivity index (χ0n) is 10.4. The van der Waals surface area contributed by atoms with Gasteiger partial charge in [0.25, 0.3) is 0 Å². The van der Waals surface area contributed by atoms with E-state index in [0.717, 1.165) is 25.7 Å². The van der Waals surface area contributed by atoms with Gasteiger partial charge in [0, 0.05) is 12.3 Å². The quantitative estimate of drug-likeness (QED) is 0.627. The zero-order valence-corrected chi connectivity index (χ0v) is 12.8. The lowest BCUT2D eigenvalue weighted by Crippen LogP contribution is -2.45. The summed E-state index contributed by atoms with van der Waals surface area (Å²) in [5.74, 6) is 0.674. The number of nitrogens with one attached hydrogen (secondary N) is 1.